The number of nitrogens with zero attached hydrogens (tertiary/aromatic N) is 2. The van der Waals surface area contributed by atoms with Crippen LogP contribution in [0.1, 0.15) is 10.4 Å². The molecule has 0 aliphatic heterocycles. The molecule has 0 spiro atoms. The normalized spacial score (nSPS) is 11.5. The summed E-state index contributed by atoms with van der Waals surface area (Å²) in [5.74, 6) is -0.877. The van der Waals surface area contributed by atoms with Crippen LogP contribution in [0.15, 0.2) is 87.9 Å². The number of phenolic OH excluding ortho intramolecular Hbond substituents is 1. The number of azo groups is 1. The van der Waals surface area contributed by atoms with E-state index in [9.17, 15) is 18.3 Å². The minimum atomic E-state index is -4.02. The van der Waals surface area contributed by atoms with Crippen LogP contribution < -0.4 is 5.48 Å². The molecule has 0 saturated heterocycles. The Hall–Kier alpha value is -3.27. The summed E-state index contributed by atoms with van der Waals surface area (Å²) < 4.78 is 29.0. The van der Waals surface area contributed by atoms with E-state index in [4.69, 9.17) is 15.9 Å². The first-order valence-electron chi connectivity index (χ1n) is 8.14. The highest BCUT2D eigenvalue weighted by atomic mass is 35.5. The topological polar surface area (TPSA) is 117 Å². The molecule has 3 aromatic carbocycles. The number of nitrogens with one attached hydrogen (secondary N) is 1. The van der Waals surface area contributed by atoms with Crippen molar-refractivity contribution in [2.24, 2.45) is 10.2 Å². The fourth-order valence-corrected chi connectivity index (χ4v) is 3.06. The van der Waals surface area contributed by atoms with Gasteiger partial charge in [0.1, 0.15) is 5.75 Å². The van der Waals surface area contributed by atoms with Gasteiger partial charge in [-0.05, 0) is 60.7 Å². The largest absolute Gasteiger partial charge is 0.507 e. The second kappa shape index (κ2) is 8.82. The van der Waals surface area contributed by atoms with Crippen LogP contribution in [0.4, 0.5) is 11.4 Å². The molecular formula is C19H14ClN3O5S. The van der Waals surface area contributed by atoms with Crippen LogP contribution in [0.5, 0.6) is 5.75 Å². The molecule has 29 heavy (non-hydrogen) atoms. The van der Waals surface area contributed by atoms with Crippen molar-refractivity contribution >= 4 is 39.0 Å². The number of benzene rings is 3. The summed E-state index contributed by atoms with van der Waals surface area (Å²) in [5.41, 5.74) is 3.06. The standard InChI is InChI=1S/C19H14ClN3O5S/c20-13-5-11-16(12-6-13)29(26,27)28-23-15-9-7-14(8-10-15)21-22-19(25)17-3-1-2-4-18(17)24/h1-12,23-24H. The van der Waals surface area contributed by atoms with Gasteiger partial charge in [-0.3, -0.25) is 4.79 Å². The lowest BCUT2D eigenvalue weighted by Crippen LogP contribution is -2.11. The van der Waals surface area contributed by atoms with Crippen LogP contribution in [0.25, 0.3) is 0 Å². The van der Waals surface area contributed by atoms with Gasteiger partial charge in [-0.15, -0.1) is 14.5 Å². The molecule has 148 valence electrons. The van der Waals surface area contributed by atoms with Crippen molar-refractivity contribution in [1.82, 2.24) is 0 Å². The average Bonchev–Trinajstić information content (AvgIpc) is 2.72. The predicted molar refractivity (Wildman–Crippen MR) is 107 cm³/mol. The highest BCUT2D eigenvalue weighted by molar-refractivity contribution is 7.86. The second-order valence-electron chi connectivity index (χ2n) is 5.66. The summed E-state index contributed by atoms with van der Waals surface area (Å²) in [6, 6.07) is 17.5. The van der Waals surface area contributed by atoms with Crippen molar-refractivity contribution in [3.63, 3.8) is 0 Å². The minimum Gasteiger partial charge on any atom is -0.507 e. The molecule has 2 N–H and O–H groups in total. The van der Waals surface area contributed by atoms with Gasteiger partial charge in [0.2, 0.25) is 0 Å². The molecule has 0 aromatic heterocycles. The molecular weight excluding hydrogens is 418 g/mol. The van der Waals surface area contributed by atoms with Crippen molar-refractivity contribution in [1.29, 1.82) is 0 Å². The number of carbonyl (C=O) groups excluding carboxylic acids is 1. The molecule has 0 bridgehead atoms. The molecule has 0 heterocycles. The van der Waals surface area contributed by atoms with Crippen molar-refractivity contribution in [2.45, 2.75) is 4.90 Å². The maximum atomic E-state index is 12.1. The third kappa shape index (κ3) is 5.38. The number of halogens is 1. The maximum Gasteiger partial charge on any atom is 0.317 e. The Morgan fingerprint density at radius 2 is 1.62 bits per heavy atom. The molecule has 8 nitrogen and oxygen atoms in total. The lowest BCUT2D eigenvalue weighted by atomic mass is 10.2. The fraction of sp³-hybridized carbons (Fsp3) is 0. The van der Waals surface area contributed by atoms with E-state index in [2.05, 4.69) is 15.7 Å². The Labute approximate surface area is 171 Å². The van der Waals surface area contributed by atoms with Gasteiger partial charge in [0.25, 0.3) is 5.91 Å². The summed E-state index contributed by atoms with van der Waals surface area (Å²) in [4.78, 5) is 11.9. The SMILES string of the molecule is O=C(N=Nc1ccc(NOS(=O)(=O)c2ccc(Cl)cc2)cc1)c1ccccc1O. The summed E-state index contributed by atoms with van der Waals surface area (Å²) in [5, 5.41) is 17.4. The van der Waals surface area contributed by atoms with E-state index in [0.29, 0.717) is 16.4 Å². The summed E-state index contributed by atoms with van der Waals surface area (Å²) >= 11 is 5.74. The molecule has 3 aromatic rings. The molecule has 0 unspecified atom stereocenters. The summed E-state index contributed by atoms with van der Waals surface area (Å²) in [7, 11) is -4.02. The zero-order valence-corrected chi connectivity index (χ0v) is 16.3. The third-order valence-electron chi connectivity index (χ3n) is 3.63. The number of hydrogen-bond donors (Lipinski definition) is 2. The van der Waals surface area contributed by atoms with E-state index >= 15 is 0 Å². The van der Waals surface area contributed by atoms with Gasteiger partial charge < -0.3 is 5.11 Å². The molecule has 0 saturated carbocycles. The van der Waals surface area contributed by atoms with Crippen molar-refractivity contribution in [3.8, 4) is 5.75 Å². The highest BCUT2D eigenvalue weighted by Gasteiger charge is 2.15. The number of aromatic hydroxyl groups is 1. The molecule has 0 aliphatic carbocycles. The third-order valence-corrected chi connectivity index (χ3v) is 5.03. The number of para-hydroxylation sites is 1. The number of phenols is 1. The van der Waals surface area contributed by atoms with Crippen molar-refractivity contribution in [3.05, 3.63) is 83.4 Å². The van der Waals surface area contributed by atoms with Gasteiger partial charge in [-0.2, -0.15) is 8.42 Å². The number of rotatable bonds is 6. The predicted octanol–water partition coefficient (Wildman–Crippen LogP) is 4.70. The zero-order chi connectivity index (χ0) is 20.9. The van der Waals surface area contributed by atoms with Crippen LogP contribution in [0.3, 0.4) is 0 Å². The first-order valence-corrected chi connectivity index (χ1v) is 9.93. The van der Waals surface area contributed by atoms with Crippen LogP contribution >= 0.6 is 11.6 Å². The molecule has 0 fully saturated rings. The maximum absolute atomic E-state index is 12.1. The Bertz CT molecular complexity index is 1150. The molecule has 0 aliphatic rings. The van der Waals surface area contributed by atoms with E-state index in [0.717, 1.165) is 0 Å². The molecule has 1 amide bonds. The minimum absolute atomic E-state index is 0.0374. The Morgan fingerprint density at radius 1 is 0.966 bits per heavy atom. The fourth-order valence-electron chi connectivity index (χ4n) is 2.16. The number of anilines is 1. The first-order chi connectivity index (χ1) is 13.8. The number of amides is 1. The molecule has 0 atom stereocenters. The van der Waals surface area contributed by atoms with Crippen LogP contribution in [0, 0.1) is 0 Å². The molecule has 0 radical (unpaired) electrons. The molecule has 10 heteroatoms. The van der Waals surface area contributed by atoms with E-state index in [1.807, 2.05) is 0 Å². The lowest BCUT2D eigenvalue weighted by Gasteiger charge is -2.07. The van der Waals surface area contributed by atoms with Crippen molar-refractivity contribution < 1.29 is 22.6 Å². The van der Waals surface area contributed by atoms with E-state index < -0.39 is 16.0 Å². The zero-order valence-electron chi connectivity index (χ0n) is 14.7. The Kier molecular flexibility index (Phi) is 6.23. The van der Waals surface area contributed by atoms with Gasteiger partial charge in [-0.25, -0.2) is 5.48 Å². The van der Waals surface area contributed by atoms with E-state index in [1.54, 1.807) is 12.1 Å². The van der Waals surface area contributed by atoms with Crippen LogP contribution in [-0.4, -0.2) is 19.4 Å². The van der Waals surface area contributed by atoms with Gasteiger partial charge in [0.15, 0.2) is 0 Å². The number of carbonyl (C=O) groups is 1. The van der Waals surface area contributed by atoms with E-state index in [-0.39, 0.29) is 16.2 Å². The first kappa shape index (κ1) is 20.5. The van der Waals surface area contributed by atoms with E-state index in [1.165, 1.54) is 60.7 Å². The smallest absolute Gasteiger partial charge is 0.317 e. The molecule has 3 rings (SSSR count). The van der Waals surface area contributed by atoms with Gasteiger partial charge in [0, 0.05) is 5.02 Å². The van der Waals surface area contributed by atoms with Gasteiger partial charge in [0.05, 0.1) is 21.8 Å². The van der Waals surface area contributed by atoms with Crippen molar-refractivity contribution in [2.75, 3.05) is 5.48 Å². The Balaban J connectivity index is 1.62. The van der Waals surface area contributed by atoms with Gasteiger partial charge >= 0.3 is 10.1 Å². The average molecular weight is 432 g/mol. The monoisotopic (exact) mass is 431 g/mol. The quantitative estimate of drug-likeness (QED) is 0.431. The second-order valence-corrected chi connectivity index (χ2v) is 7.65. The van der Waals surface area contributed by atoms with Crippen LogP contribution in [-0.2, 0) is 14.4 Å². The van der Waals surface area contributed by atoms with Gasteiger partial charge in [-0.1, -0.05) is 23.7 Å². The summed E-state index contributed by atoms with van der Waals surface area (Å²) in [6.45, 7) is 0. The highest BCUT2D eigenvalue weighted by Crippen LogP contribution is 2.21. The lowest BCUT2D eigenvalue weighted by molar-refractivity contribution is 0.0992. The Morgan fingerprint density at radius 3 is 2.28 bits per heavy atom. The summed E-state index contributed by atoms with van der Waals surface area (Å²) in [6.07, 6.45) is 0. The van der Waals surface area contributed by atoms with Crippen LogP contribution in [0.2, 0.25) is 5.02 Å². The number of hydrogen-bond acceptors (Lipinski definition) is 7.